The van der Waals surface area contributed by atoms with Crippen molar-refractivity contribution in [2.75, 3.05) is 38.5 Å². The molecule has 1 amide bonds. The average molecular weight is 543 g/mol. The summed E-state index contributed by atoms with van der Waals surface area (Å²) < 4.78 is 5.62. The summed E-state index contributed by atoms with van der Waals surface area (Å²) in [5.41, 5.74) is -0.301. The zero-order valence-electron chi connectivity index (χ0n) is 20.2. The zero-order chi connectivity index (χ0) is 26.7. The van der Waals surface area contributed by atoms with Crippen molar-refractivity contribution in [2.24, 2.45) is 0 Å². The highest BCUT2D eigenvalue weighted by Gasteiger charge is 2.35. The van der Waals surface area contributed by atoms with Crippen molar-refractivity contribution in [3.05, 3.63) is 58.1 Å². The van der Waals surface area contributed by atoms with E-state index in [0.717, 1.165) is 0 Å². The standard InChI is InChI=1S/C26H26N2O7S2/c1-2-35-20(31)7-4-12-37-26(36)28-10-8-27(9-11-28)25(34)15-13-17-22(19(30)14-15)24(33)21-16(23(17)32)5-3-6-18(21)29/h3,5-6,13-14,29-30H,2,4,7-12H2,1H3. The van der Waals surface area contributed by atoms with Gasteiger partial charge in [0.25, 0.3) is 5.91 Å². The monoisotopic (exact) mass is 542 g/mol. The molecule has 0 radical (unpaired) electrons. The number of ketones is 2. The molecule has 0 saturated carbocycles. The molecule has 2 aromatic rings. The van der Waals surface area contributed by atoms with Crippen LogP contribution in [0, 0.1) is 0 Å². The minimum Gasteiger partial charge on any atom is -0.507 e. The number of ether oxygens (including phenoxy) is 1. The molecule has 0 bridgehead atoms. The summed E-state index contributed by atoms with van der Waals surface area (Å²) in [6.45, 7) is 3.97. The van der Waals surface area contributed by atoms with Gasteiger partial charge in [-0.05, 0) is 31.5 Å². The van der Waals surface area contributed by atoms with Gasteiger partial charge in [-0.1, -0.05) is 36.1 Å². The van der Waals surface area contributed by atoms with Gasteiger partial charge in [0.1, 0.15) is 15.8 Å². The molecule has 1 aliphatic carbocycles. The summed E-state index contributed by atoms with van der Waals surface area (Å²) in [7, 11) is 0. The minimum atomic E-state index is -0.666. The molecule has 2 N–H and O–H groups in total. The lowest BCUT2D eigenvalue weighted by molar-refractivity contribution is -0.143. The molecule has 0 unspecified atom stereocenters. The van der Waals surface area contributed by atoms with Gasteiger partial charge in [-0.25, -0.2) is 0 Å². The van der Waals surface area contributed by atoms with E-state index in [1.165, 1.54) is 42.1 Å². The van der Waals surface area contributed by atoms with Gasteiger partial charge in [0.2, 0.25) is 5.78 Å². The number of carbonyl (C=O) groups excluding carboxylic acids is 4. The van der Waals surface area contributed by atoms with Crippen molar-refractivity contribution in [2.45, 2.75) is 19.8 Å². The highest BCUT2D eigenvalue weighted by atomic mass is 32.2. The molecule has 9 nitrogen and oxygen atoms in total. The Morgan fingerprint density at radius 2 is 1.65 bits per heavy atom. The van der Waals surface area contributed by atoms with Gasteiger partial charge in [-0.2, -0.15) is 0 Å². The molecule has 0 aromatic heterocycles. The van der Waals surface area contributed by atoms with Crippen LogP contribution < -0.4 is 0 Å². The number of hydrogen-bond donors (Lipinski definition) is 2. The number of esters is 1. The van der Waals surface area contributed by atoms with Crippen molar-refractivity contribution in [3.63, 3.8) is 0 Å². The predicted octanol–water partition coefficient (Wildman–Crippen LogP) is 2.99. The van der Waals surface area contributed by atoms with E-state index in [2.05, 4.69) is 0 Å². The number of fused-ring (bicyclic) bond motifs is 2. The second-order valence-electron chi connectivity index (χ2n) is 8.58. The van der Waals surface area contributed by atoms with E-state index in [-0.39, 0.29) is 45.4 Å². The summed E-state index contributed by atoms with van der Waals surface area (Å²) in [6.07, 6.45) is 1.01. The Labute approximate surface area is 223 Å². The Morgan fingerprint density at radius 1 is 0.973 bits per heavy atom. The Kier molecular flexibility index (Phi) is 8.13. The lowest BCUT2D eigenvalue weighted by Crippen LogP contribution is -2.49. The van der Waals surface area contributed by atoms with Crippen molar-refractivity contribution in [3.8, 4) is 11.5 Å². The van der Waals surface area contributed by atoms with Crippen LogP contribution in [0.3, 0.4) is 0 Å². The van der Waals surface area contributed by atoms with Gasteiger partial charge in [0, 0.05) is 55.0 Å². The molecule has 1 fully saturated rings. The van der Waals surface area contributed by atoms with Gasteiger partial charge in [-0.3, -0.25) is 19.2 Å². The molecular weight excluding hydrogens is 516 g/mol. The number of phenols is 2. The van der Waals surface area contributed by atoms with Crippen LogP contribution in [0.1, 0.15) is 62.0 Å². The third kappa shape index (κ3) is 5.47. The van der Waals surface area contributed by atoms with Crippen LogP contribution in [0.15, 0.2) is 30.3 Å². The van der Waals surface area contributed by atoms with Crippen LogP contribution in [0.25, 0.3) is 0 Å². The van der Waals surface area contributed by atoms with Crippen LogP contribution in [0.5, 0.6) is 11.5 Å². The fourth-order valence-electron chi connectivity index (χ4n) is 4.38. The molecular formula is C26H26N2O7S2. The van der Waals surface area contributed by atoms with Crippen molar-refractivity contribution in [1.29, 1.82) is 0 Å². The molecule has 0 atom stereocenters. The van der Waals surface area contributed by atoms with Gasteiger partial charge >= 0.3 is 5.97 Å². The first-order valence-corrected chi connectivity index (χ1v) is 13.3. The summed E-state index contributed by atoms with van der Waals surface area (Å²) in [5, 5.41) is 20.7. The number of amides is 1. The van der Waals surface area contributed by atoms with Crippen LogP contribution in [0.2, 0.25) is 0 Å². The number of nitrogens with zero attached hydrogens (tertiary/aromatic N) is 2. The fourth-order valence-corrected chi connectivity index (χ4v) is 5.64. The number of hydrogen-bond acceptors (Lipinski definition) is 9. The van der Waals surface area contributed by atoms with Gasteiger partial charge in [0.15, 0.2) is 5.78 Å². The van der Waals surface area contributed by atoms with E-state index in [0.29, 0.717) is 55.7 Å². The van der Waals surface area contributed by atoms with Gasteiger partial charge in [-0.15, -0.1) is 0 Å². The number of aromatic hydroxyl groups is 2. The summed E-state index contributed by atoms with van der Waals surface area (Å²) in [5.74, 6) is -1.92. The third-order valence-electron chi connectivity index (χ3n) is 6.23. The predicted molar refractivity (Wildman–Crippen MR) is 141 cm³/mol. The normalized spacial score (nSPS) is 14.7. The summed E-state index contributed by atoms with van der Waals surface area (Å²) in [6, 6.07) is 6.72. The van der Waals surface area contributed by atoms with E-state index < -0.39 is 17.3 Å². The number of thiocarbonyl (C=S) groups is 1. The van der Waals surface area contributed by atoms with E-state index in [9.17, 15) is 29.4 Å². The number of rotatable bonds is 6. The zero-order valence-corrected chi connectivity index (χ0v) is 21.8. The van der Waals surface area contributed by atoms with Gasteiger partial charge in [0.05, 0.1) is 17.7 Å². The molecule has 1 aliphatic heterocycles. The van der Waals surface area contributed by atoms with Crippen LogP contribution in [-0.2, 0) is 9.53 Å². The van der Waals surface area contributed by atoms with E-state index in [4.69, 9.17) is 17.0 Å². The SMILES string of the molecule is CCOC(=O)CCCSC(=S)N1CCN(C(=O)c2cc(O)c3c(c2)C(=O)c2cccc(O)c2C3=O)CC1. The van der Waals surface area contributed by atoms with Crippen molar-refractivity contribution < 1.29 is 34.1 Å². The Balaban J connectivity index is 1.39. The number of piperazine rings is 1. The second kappa shape index (κ2) is 11.3. The van der Waals surface area contributed by atoms with Crippen LogP contribution in [0.4, 0.5) is 0 Å². The Bertz CT molecular complexity index is 1290. The maximum Gasteiger partial charge on any atom is 0.305 e. The summed E-state index contributed by atoms with van der Waals surface area (Å²) in [4.78, 5) is 54.2. The lowest BCUT2D eigenvalue weighted by Gasteiger charge is -2.36. The maximum atomic E-state index is 13.2. The molecule has 1 saturated heterocycles. The number of thioether (sulfide) groups is 1. The molecule has 11 heteroatoms. The molecule has 0 spiro atoms. The largest absolute Gasteiger partial charge is 0.507 e. The Morgan fingerprint density at radius 3 is 2.35 bits per heavy atom. The van der Waals surface area contributed by atoms with Crippen molar-refractivity contribution in [1.82, 2.24) is 9.80 Å². The number of benzene rings is 2. The summed E-state index contributed by atoms with van der Waals surface area (Å²) >= 11 is 6.99. The first-order chi connectivity index (χ1) is 17.7. The topological polar surface area (TPSA) is 124 Å². The van der Waals surface area contributed by atoms with Crippen LogP contribution in [-0.4, -0.2) is 86.3 Å². The first kappa shape index (κ1) is 26.6. The number of carbonyl (C=O) groups is 4. The molecule has 37 heavy (non-hydrogen) atoms. The lowest BCUT2D eigenvalue weighted by atomic mass is 9.82. The van der Waals surface area contributed by atoms with E-state index in [1.54, 1.807) is 11.8 Å². The van der Waals surface area contributed by atoms with E-state index >= 15 is 0 Å². The molecule has 1 heterocycles. The molecule has 194 valence electrons. The molecule has 2 aromatic carbocycles. The quantitative estimate of drug-likeness (QED) is 0.273. The highest BCUT2D eigenvalue weighted by Crippen LogP contribution is 2.37. The Hall–Kier alpha value is -3.44. The van der Waals surface area contributed by atoms with Crippen molar-refractivity contribution >= 4 is 51.7 Å². The highest BCUT2D eigenvalue weighted by molar-refractivity contribution is 8.22. The fraction of sp³-hybridized carbons (Fsp3) is 0.346. The van der Waals surface area contributed by atoms with Gasteiger partial charge < -0.3 is 24.7 Å². The average Bonchev–Trinajstić information content (AvgIpc) is 2.89. The molecule has 2 aliphatic rings. The number of phenolic OH excluding ortho intramolecular Hbond substituents is 2. The second-order valence-corrected chi connectivity index (χ2v) is 10.3. The first-order valence-electron chi connectivity index (χ1n) is 11.9. The van der Waals surface area contributed by atoms with E-state index in [1.807, 2.05) is 4.90 Å². The van der Waals surface area contributed by atoms with Crippen LogP contribution >= 0.6 is 24.0 Å². The minimum absolute atomic E-state index is 0.0309. The maximum absolute atomic E-state index is 13.2. The third-order valence-corrected chi connectivity index (χ3v) is 7.84. The molecule has 4 rings (SSSR count). The smallest absolute Gasteiger partial charge is 0.305 e.